The summed E-state index contributed by atoms with van der Waals surface area (Å²) in [6.07, 6.45) is 1.94. The van der Waals surface area contributed by atoms with Gasteiger partial charge in [-0.25, -0.2) is 4.39 Å². The second-order valence-corrected chi connectivity index (χ2v) is 5.79. The highest BCUT2D eigenvalue weighted by atomic mass is 19.1. The van der Waals surface area contributed by atoms with E-state index in [1.165, 1.54) is 24.3 Å². The molecule has 22 heavy (non-hydrogen) atoms. The molecule has 2 aliphatic rings. The Morgan fingerprint density at radius 1 is 1.36 bits per heavy atom. The summed E-state index contributed by atoms with van der Waals surface area (Å²) < 4.78 is 18.2. The molecule has 0 bridgehead atoms. The number of rotatable bonds is 3. The number of ether oxygens (including phenoxy) is 1. The third-order valence-electron chi connectivity index (χ3n) is 4.39. The Hall–Kier alpha value is -2.11. The van der Waals surface area contributed by atoms with Crippen LogP contribution in [0.1, 0.15) is 19.8 Å². The highest BCUT2D eigenvalue weighted by Crippen LogP contribution is 2.25. The number of hydrogen-bond acceptors (Lipinski definition) is 3. The van der Waals surface area contributed by atoms with Crippen molar-refractivity contribution in [2.45, 2.75) is 31.8 Å². The maximum atomic E-state index is 12.8. The van der Waals surface area contributed by atoms with Crippen LogP contribution in [-0.2, 0) is 9.59 Å². The predicted molar refractivity (Wildman–Crippen MR) is 77.8 cm³/mol. The first-order valence-corrected chi connectivity index (χ1v) is 7.54. The SMILES string of the molecule is C[C@H]1C(=O)N2CCC[C@H]2CN1C(=O)COc1ccc(F)cc1. The van der Waals surface area contributed by atoms with Crippen molar-refractivity contribution in [3.05, 3.63) is 30.1 Å². The van der Waals surface area contributed by atoms with E-state index in [9.17, 15) is 14.0 Å². The summed E-state index contributed by atoms with van der Waals surface area (Å²) in [5, 5.41) is 0. The fourth-order valence-corrected chi connectivity index (χ4v) is 3.15. The van der Waals surface area contributed by atoms with Gasteiger partial charge >= 0.3 is 0 Å². The Kier molecular flexibility index (Phi) is 4.00. The zero-order chi connectivity index (χ0) is 15.7. The minimum atomic E-state index is -0.446. The summed E-state index contributed by atoms with van der Waals surface area (Å²) in [5.74, 6) is -0.107. The summed E-state index contributed by atoms with van der Waals surface area (Å²) in [6, 6.07) is 5.21. The van der Waals surface area contributed by atoms with Crippen molar-refractivity contribution in [3.8, 4) is 5.75 Å². The second-order valence-electron chi connectivity index (χ2n) is 5.79. The van der Waals surface area contributed by atoms with Crippen LogP contribution < -0.4 is 4.74 Å². The maximum Gasteiger partial charge on any atom is 0.261 e. The van der Waals surface area contributed by atoms with Gasteiger partial charge in [-0.15, -0.1) is 0 Å². The molecule has 0 saturated carbocycles. The topological polar surface area (TPSA) is 49.9 Å². The van der Waals surface area contributed by atoms with Crippen molar-refractivity contribution in [3.63, 3.8) is 0 Å². The van der Waals surface area contributed by atoms with Crippen LogP contribution in [-0.4, -0.2) is 53.4 Å². The van der Waals surface area contributed by atoms with E-state index >= 15 is 0 Å². The zero-order valence-electron chi connectivity index (χ0n) is 12.5. The average molecular weight is 306 g/mol. The van der Waals surface area contributed by atoms with E-state index in [1.807, 2.05) is 4.90 Å². The molecule has 1 aromatic rings. The molecule has 118 valence electrons. The first kappa shape index (κ1) is 14.8. The summed E-state index contributed by atoms with van der Waals surface area (Å²) in [4.78, 5) is 28.1. The number of piperazine rings is 1. The molecule has 2 amide bonds. The van der Waals surface area contributed by atoms with Gasteiger partial charge in [0.15, 0.2) is 6.61 Å². The van der Waals surface area contributed by atoms with Crippen molar-refractivity contribution in [1.82, 2.24) is 9.80 Å². The third kappa shape index (κ3) is 2.77. The highest BCUT2D eigenvalue weighted by Gasteiger charge is 2.41. The Labute approximate surface area is 128 Å². The Morgan fingerprint density at radius 2 is 2.09 bits per heavy atom. The normalized spacial score (nSPS) is 24.4. The number of hydrogen-bond donors (Lipinski definition) is 0. The van der Waals surface area contributed by atoms with Crippen LogP contribution in [0.2, 0.25) is 0 Å². The van der Waals surface area contributed by atoms with Gasteiger partial charge in [0, 0.05) is 19.1 Å². The van der Waals surface area contributed by atoms with Crippen LogP contribution in [0, 0.1) is 5.82 Å². The molecule has 6 heteroatoms. The monoisotopic (exact) mass is 306 g/mol. The van der Waals surface area contributed by atoms with Gasteiger partial charge in [0.05, 0.1) is 0 Å². The van der Waals surface area contributed by atoms with Gasteiger partial charge in [-0.05, 0) is 44.0 Å². The Bertz CT molecular complexity index is 575. The van der Waals surface area contributed by atoms with E-state index in [0.29, 0.717) is 12.3 Å². The molecule has 2 atom stereocenters. The molecule has 2 heterocycles. The van der Waals surface area contributed by atoms with Gasteiger partial charge in [-0.1, -0.05) is 0 Å². The largest absolute Gasteiger partial charge is 0.484 e. The van der Waals surface area contributed by atoms with Crippen LogP contribution in [0.3, 0.4) is 0 Å². The molecule has 0 aliphatic carbocycles. The molecular formula is C16H19FN2O3. The van der Waals surface area contributed by atoms with E-state index in [-0.39, 0.29) is 30.3 Å². The lowest BCUT2D eigenvalue weighted by Crippen LogP contribution is -2.60. The quantitative estimate of drug-likeness (QED) is 0.849. The molecular weight excluding hydrogens is 287 g/mol. The molecule has 2 saturated heterocycles. The fourth-order valence-electron chi connectivity index (χ4n) is 3.15. The lowest BCUT2D eigenvalue weighted by Gasteiger charge is -2.41. The molecule has 0 radical (unpaired) electrons. The van der Waals surface area contributed by atoms with Crippen LogP contribution in [0.25, 0.3) is 0 Å². The number of nitrogens with zero attached hydrogens (tertiary/aromatic N) is 2. The van der Waals surface area contributed by atoms with Crippen molar-refractivity contribution in [1.29, 1.82) is 0 Å². The molecule has 0 spiro atoms. The lowest BCUT2D eigenvalue weighted by molar-refractivity contribution is -0.153. The average Bonchev–Trinajstić information content (AvgIpc) is 2.98. The molecule has 2 aliphatic heterocycles. The molecule has 0 aromatic heterocycles. The molecule has 5 nitrogen and oxygen atoms in total. The van der Waals surface area contributed by atoms with Crippen LogP contribution in [0.15, 0.2) is 24.3 Å². The van der Waals surface area contributed by atoms with E-state index in [2.05, 4.69) is 0 Å². The summed E-state index contributed by atoms with van der Waals surface area (Å²) in [7, 11) is 0. The number of carbonyl (C=O) groups excluding carboxylic acids is 2. The maximum absolute atomic E-state index is 12.8. The number of amides is 2. The van der Waals surface area contributed by atoms with Gasteiger partial charge in [0.25, 0.3) is 5.91 Å². The van der Waals surface area contributed by atoms with E-state index in [4.69, 9.17) is 4.74 Å². The fraction of sp³-hybridized carbons (Fsp3) is 0.500. The van der Waals surface area contributed by atoms with E-state index in [0.717, 1.165) is 19.4 Å². The van der Waals surface area contributed by atoms with Crippen LogP contribution >= 0.6 is 0 Å². The van der Waals surface area contributed by atoms with E-state index < -0.39 is 6.04 Å². The number of benzene rings is 1. The number of fused-ring (bicyclic) bond motifs is 1. The number of carbonyl (C=O) groups is 2. The first-order valence-electron chi connectivity index (χ1n) is 7.54. The minimum Gasteiger partial charge on any atom is -0.484 e. The first-order chi connectivity index (χ1) is 10.6. The zero-order valence-corrected chi connectivity index (χ0v) is 12.5. The Balaban J connectivity index is 1.61. The van der Waals surface area contributed by atoms with Crippen molar-refractivity contribution in [2.75, 3.05) is 19.7 Å². The minimum absolute atomic E-state index is 0.0175. The van der Waals surface area contributed by atoms with Crippen molar-refractivity contribution >= 4 is 11.8 Å². The van der Waals surface area contributed by atoms with E-state index in [1.54, 1.807) is 11.8 Å². The second kappa shape index (κ2) is 5.94. The van der Waals surface area contributed by atoms with Gasteiger partial charge in [-0.2, -0.15) is 0 Å². The van der Waals surface area contributed by atoms with Gasteiger partial charge in [0.2, 0.25) is 5.91 Å². The van der Waals surface area contributed by atoms with Gasteiger partial charge in [0.1, 0.15) is 17.6 Å². The Morgan fingerprint density at radius 3 is 2.82 bits per heavy atom. The summed E-state index contributed by atoms with van der Waals surface area (Å²) in [6.45, 7) is 2.98. The van der Waals surface area contributed by atoms with Gasteiger partial charge in [-0.3, -0.25) is 9.59 Å². The summed E-state index contributed by atoms with van der Waals surface area (Å²) in [5.41, 5.74) is 0. The molecule has 2 fully saturated rings. The van der Waals surface area contributed by atoms with Gasteiger partial charge < -0.3 is 14.5 Å². The smallest absolute Gasteiger partial charge is 0.261 e. The predicted octanol–water partition coefficient (Wildman–Crippen LogP) is 1.43. The van der Waals surface area contributed by atoms with Crippen molar-refractivity contribution < 1.29 is 18.7 Å². The highest BCUT2D eigenvalue weighted by molar-refractivity contribution is 5.89. The number of halogens is 1. The lowest BCUT2D eigenvalue weighted by atomic mass is 10.1. The summed E-state index contributed by atoms with van der Waals surface area (Å²) >= 11 is 0. The molecule has 3 rings (SSSR count). The molecule has 0 N–H and O–H groups in total. The third-order valence-corrected chi connectivity index (χ3v) is 4.39. The van der Waals surface area contributed by atoms with Crippen LogP contribution in [0.5, 0.6) is 5.75 Å². The molecule has 0 unspecified atom stereocenters. The molecule has 1 aromatic carbocycles. The van der Waals surface area contributed by atoms with Crippen LogP contribution in [0.4, 0.5) is 4.39 Å². The van der Waals surface area contributed by atoms with Crippen molar-refractivity contribution in [2.24, 2.45) is 0 Å². The standard InChI is InChI=1S/C16H19FN2O3/c1-11-16(21)18-8-2-3-13(18)9-19(11)15(20)10-22-14-6-4-12(17)5-7-14/h4-7,11,13H,2-3,8-10H2,1H3/t11-,13-/m0/s1.